The molecule has 0 saturated heterocycles. The van der Waals surface area contributed by atoms with Gasteiger partial charge < -0.3 is 5.32 Å². The second-order valence-electron chi connectivity index (χ2n) is 3.98. The molecule has 1 N–H and O–H groups in total. The molecule has 19 heavy (non-hydrogen) atoms. The van der Waals surface area contributed by atoms with Gasteiger partial charge in [0.25, 0.3) is 0 Å². The molecule has 0 saturated carbocycles. The van der Waals surface area contributed by atoms with Gasteiger partial charge in [0.2, 0.25) is 0 Å². The molecule has 0 aliphatic carbocycles. The summed E-state index contributed by atoms with van der Waals surface area (Å²) in [6, 6.07) is 6.97. The minimum absolute atomic E-state index is 0.0693. The van der Waals surface area contributed by atoms with Crippen molar-refractivity contribution in [1.82, 2.24) is 9.97 Å². The van der Waals surface area contributed by atoms with E-state index < -0.39 is 9.84 Å². The summed E-state index contributed by atoms with van der Waals surface area (Å²) in [5.41, 5.74) is 1.63. The van der Waals surface area contributed by atoms with E-state index in [1.165, 1.54) is 12.3 Å². The number of sulfone groups is 1. The van der Waals surface area contributed by atoms with Crippen LogP contribution in [0.5, 0.6) is 0 Å². The Bertz CT molecular complexity index is 654. The van der Waals surface area contributed by atoms with Gasteiger partial charge in [-0.1, -0.05) is 0 Å². The van der Waals surface area contributed by atoms with Crippen LogP contribution < -0.4 is 5.32 Å². The molecule has 0 unspecified atom stereocenters. The summed E-state index contributed by atoms with van der Waals surface area (Å²) in [6.07, 6.45) is 4.35. The first kappa shape index (κ1) is 14.0. The summed E-state index contributed by atoms with van der Waals surface area (Å²) in [7, 11) is -3.25. The van der Waals surface area contributed by atoms with Crippen LogP contribution in [0, 0.1) is 0 Å². The highest BCUT2D eigenvalue weighted by Crippen LogP contribution is 2.12. The summed E-state index contributed by atoms with van der Waals surface area (Å²) < 4.78 is 23.4. The van der Waals surface area contributed by atoms with E-state index in [-0.39, 0.29) is 5.03 Å². The zero-order valence-electron chi connectivity index (χ0n) is 10.2. The third kappa shape index (κ3) is 4.00. The third-order valence-electron chi connectivity index (χ3n) is 2.38. The van der Waals surface area contributed by atoms with Crippen molar-refractivity contribution in [2.24, 2.45) is 0 Å². The molecular formula is C12H12BrN3O2S. The quantitative estimate of drug-likeness (QED) is 0.923. The van der Waals surface area contributed by atoms with Crippen molar-refractivity contribution in [3.8, 4) is 0 Å². The third-order valence-corrected chi connectivity index (χ3v) is 3.85. The van der Waals surface area contributed by atoms with Gasteiger partial charge in [0.15, 0.2) is 14.9 Å². The Labute approximate surface area is 120 Å². The zero-order valence-corrected chi connectivity index (χ0v) is 12.6. The molecule has 0 atom stereocenters. The van der Waals surface area contributed by atoms with Gasteiger partial charge in [0, 0.05) is 16.9 Å². The number of hydrogen-bond donors (Lipinski definition) is 1. The Balaban J connectivity index is 2.02. The van der Waals surface area contributed by atoms with Crippen molar-refractivity contribution in [2.45, 2.75) is 11.6 Å². The molecule has 0 fully saturated rings. The molecule has 0 aromatic carbocycles. The monoisotopic (exact) mass is 341 g/mol. The first-order valence-corrected chi connectivity index (χ1v) is 8.14. The highest BCUT2D eigenvalue weighted by molar-refractivity contribution is 9.10. The van der Waals surface area contributed by atoms with Gasteiger partial charge in [-0.05, 0) is 40.2 Å². The Hall–Kier alpha value is -1.47. The molecule has 2 aromatic heterocycles. The maximum Gasteiger partial charge on any atom is 0.192 e. The minimum Gasteiger partial charge on any atom is -0.378 e. The van der Waals surface area contributed by atoms with Gasteiger partial charge >= 0.3 is 0 Å². The molecule has 0 aliphatic rings. The van der Waals surface area contributed by atoms with E-state index in [4.69, 9.17) is 0 Å². The molecule has 2 rings (SSSR count). The molecule has 0 spiro atoms. The number of rotatable bonds is 4. The lowest BCUT2D eigenvalue weighted by molar-refractivity contribution is 0.598. The lowest BCUT2D eigenvalue weighted by Gasteiger charge is -2.06. The largest absolute Gasteiger partial charge is 0.378 e. The SMILES string of the molecule is CS(=O)(=O)c1ccc(NCc2ccc(Br)cn2)cn1. The van der Waals surface area contributed by atoms with Crippen LogP contribution in [0.2, 0.25) is 0 Å². The lowest BCUT2D eigenvalue weighted by atomic mass is 10.3. The van der Waals surface area contributed by atoms with Crippen LogP contribution in [-0.2, 0) is 16.4 Å². The van der Waals surface area contributed by atoms with Crippen molar-refractivity contribution in [2.75, 3.05) is 11.6 Å². The predicted molar refractivity (Wildman–Crippen MR) is 76.6 cm³/mol. The number of halogens is 1. The Morgan fingerprint density at radius 1 is 1.16 bits per heavy atom. The van der Waals surface area contributed by atoms with E-state index in [0.29, 0.717) is 6.54 Å². The lowest BCUT2D eigenvalue weighted by Crippen LogP contribution is -2.04. The first-order chi connectivity index (χ1) is 8.95. The van der Waals surface area contributed by atoms with Gasteiger partial charge in [-0.3, -0.25) is 4.98 Å². The average Bonchev–Trinajstić information content (AvgIpc) is 2.37. The number of aromatic nitrogens is 2. The van der Waals surface area contributed by atoms with Crippen LogP contribution in [0.1, 0.15) is 5.69 Å². The van der Waals surface area contributed by atoms with Crippen molar-refractivity contribution in [1.29, 1.82) is 0 Å². The number of pyridine rings is 2. The van der Waals surface area contributed by atoms with Gasteiger partial charge in [0.05, 0.1) is 24.1 Å². The second-order valence-corrected chi connectivity index (χ2v) is 6.86. The summed E-state index contributed by atoms with van der Waals surface area (Å²) in [6.45, 7) is 0.549. The molecule has 0 amide bonds. The normalized spacial score (nSPS) is 11.3. The Kier molecular flexibility index (Phi) is 4.16. The molecule has 5 nitrogen and oxygen atoms in total. The number of nitrogens with one attached hydrogen (secondary N) is 1. The van der Waals surface area contributed by atoms with Crippen LogP contribution in [0.3, 0.4) is 0 Å². The van der Waals surface area contributed by atoms with Gasteiger partial charge in [0.1, 0.15) is 0 Å². The fraction of sp³-hybridized carbons (Fsp3) is 0.167. The molecule has 0 bridgehead atoms. The second kappa shape index (κ2) is 5.66. The summed E-state index contributed by atoms with van der Waals surface area (Å²) >= 11 is 3.32. The van der Waals surface area contributed by atoms with Gasteiger partial charge in [-0.25, -0.2) is 13.4 Å². The zero-order chi connectivity index (χ0) is 13.9. The van der Waals surface area contributed by atoms with Crippen molar-refractivity contribution < 1.29 is 8.42 Å². The molecular weight excluding hydrogens is 330 g/mol. The maximum atomic E-state index is 11.3. The highest BCUT2D eigenvalue weighted by atomic mass is 79.9. The summed E-state index contributed by atoms with van der Waals surface area (Å²) in [4.78, 5) is 8.12. The Morgan fingerprint density at radius 3 is 2.47 bits per heavy atom. The Morgan fingerprint density at radius 2 is 1.95 bits per heavy atom. The van der Waals surface area contributed by atoms with E-state index in [1.807, 2.05) is 12.1 Å². The van der Waals surface area contributed by atoms with Crippen LogP contribution in [0.4, 0.5) is 5.69 Å². The standard InChI is InChI=1S/C12H12BrN3O2S/c1-19(17,18)12-5-4-11(8-16-12)15-7-10-3-2-9(13)6-14-10/h2-6,8,15H,7H2,1H3. The van der Waals surface area contributed by atoms with Crippen molar-refractivity contribution in [3.63, 3.8) is 0 Å². The van der Waals surface area contributed by atoms with E-state index in [0.717, 1.165) is 22.1 Å². The van der Waals surface area contributed by atoms with E-state index in [9.17, 15) is 8.42 Å². The van der Waals surface area contributed by atoms with Crippen LogP contribution in [0.15, 0.2) is 46.2 Å². The van der Waals surface area contributed by atoms with E-state index >= 15 is 0 Å². The van der Waals surface area contributed by atoms with Crippen LogP contribution >= 0.6 is 15.9 Å². The predicted octanol–water partition coefficient (Wildman–Crippen LogP) is 2.25. The van der Waals surface area contributed by atoms with Crippen molar-refractivity contribution in [3.05, 3.63) is 46.8 Å². The molecule has 100 valence electrons. The van der Waals surface area contributed by atoms with E-state index in [1.54, 1.807) is 12.3 Å². The van der Waals surface area contributed by atoms with Gasteiger partial charge in [-0.15, -0.1) is 0 Å². The molecule has 2 aromatic rings. The smallest absolute Gasteiger partial charge is 0.192 e. The highest BCUT2D eigenvalue weighted by Gasteiger charge is 2.07. The van der Waals surface area contributed by atoms with Crippen molar-refractivity contribution >= 4 is 31.5 Å². The average molecular weight is 342 g/mol. The van der Waals surface area contributed by atoms with Crippen LogP contribution in [-0.4, -0.2) is 24.6 Å². The van der Waals surface area contributed by atoms with Gasteiger partial charge in [-0.2, -0.15) is 0 Å². The molecule has 7 heteroatoms. The number of anilines is 1. The molecule has 0 aliphatic heterocycles. The molecule has 0 radical (unpaired) electrons. The minimum atomic E-state index is -3.25. The number of hydrogen-bond acceptors (Lipinski definition) is 5. The van der Waals surface area contributed by atoms with Crippen LogP contribution in [0.25, 0.3) is 0 Å². The fourth-order valence-corrected chi connectivity index (χ4v) is 2.20. The summed E-state index contributed by atoms with van der Waals surface area (Å²) in [5.74, 6) is 0. The first-order valence-electron chi connectivity index (χ1n) is 5.45. The molecule has 2 heterocycles. The summed E-state index contributed by atoms with van der Waals surface area (Å²) in [5, 5.41) is 3.19. The topological polar surface area (TPSA) is 72.0 Å². The number of nitrogens with zero attached hydrogens (tertiary/aromatic N) is 2. The fourth-order valence-electron chi connectivity index (χ4n) is 1.41. The van der Waals surface area contributed by atoms with E-state index in [2.05, 4.69) is 31.2 Å². The maximum absolute atomic E-state index is 11.3.